The van der Waals surface area contributed by atoms with Gasteiger partial charge < -0.3 is 19.7 Å². The second-order valence-corrected chi connectivity index (χ2v) is 10.7. The fraction of sp³-hybridized carbons (Fsp3) is 0.100. The topological polar surface area (TPSA) is 58.9 Å². The Balaban J connectivity index is 1.15. The molecule has 0 unspecified atom stereocenters. The van der Waals surface area contributed by atoms with Gasteiger partial charge in [-0.3, -0.25) is 0 Å². The molecule has 0 bridgehead atoms. The maximum Gasteiger partial charge on any atom is 0.131 e. The molecule has 2 N–H and O–H groups in total. The molecule has 0 aliphatic carbocycles. The number of hydrogen-bond donors (Lipinski definition) is 2. The maximum absolute atomic E-state index is 11.3. The normalized spacial score (nSPS) is 10.9. The zero-order valence-electron chi connectivity index (χ0n) is 24.6. The Labute approximate surface area is 258 Å². The number of phenols is 2. The monoisotopic (exact) mass is 578 g/mol. The molecule has 218 valence electrons. The van der Waals surface area contributed by atoms with Gasteiger partial charge >= 0.3 is 0 Å². The molecule has 0 amide bonds. The Morgan fingerprint density at radius 3 is 1.64 bits per heavy atom. The first kappa shape index (κ1) is 28.8. The van der Waals surface area contributed by atoms with Crippen molar-refractivity contribution < 1.29 is 19.7 Å². The predicted molar refractivity (Wildman–Crippen MR) is 178 cm³/mol. The van der Waals surface area contributed by atoms with Crippen LogP contribution in [0.2, 0.25) is 0 Å². The minimum absolute atomic E-state index is 0.224. The first-order valence-electron chi connectivity index (χ1n) is 14.7. The number of phenolic OH excluding ortho intramolecular Hbond substituents is 2. The van der Waals surface area contributed by atoms with Crippen molar-refractivity contribution in [2.45, 2.75) is 13.5 Å². The van der Waals surface area contributed by atoms with Gasteiger partial charge in [-0.2, -0.15) is 0 Å². The lowest BCUT2D eigenvalue weighted by Crippen LogP contribution is -2.08. The third kappa shape index (κ3) is 6.22. The number of rotatable bonds is 10. The molecule has 0 radical (unpaired) electrons. The standard InChI is InChI=1S/C40H34O4/c1-28-22-23-38(37(26-28)36-21-11-19-34(40(36)42)30-14-6-3-7-15-30)44-25-24-43-27-31-16-8-9-17-32(31)35-20-10-18-33(39(35)41)29-12-4-2-5-13-29/h2-23,26,41-42H,24-25,27H2,1H3. The van der Waals surface area contributed by atoms with Crippen molar-refractivity contribution in [3.05, 3.63) is 151 Å². The molecular weight excluding hydrogens is 544 g/mol. The Hall–Kier alpha value is -5.32. The lowest BCUT2D eigenvalue weighted by molar-refractivity contribution is 0.0893. The zero-order valence-corrected chi connectivity index (χ0v) is 24.6. The molecule has 0 aliphatic rings. The number of aryl methyl sites for hydroxylation is 1. The summed E-state index contributed by atoms with van der Waals surface area (Å²) >= 11 is 0. The fourth-order valence-corrected chi connectivity index (χ4v) is 5.50. The lowest BCUT2D eigenvalue weighted by atomic mass is 9.94. The van der Waals surface area contributed by atoms with Crippen molar-refractivity contribution in [2.24, 2.45) is 0 Å². The van der Waals surface area contributed by atoms with Gasteiger partial charge in [-0.25, -0.2) is 0 Å². The van der Waals surface area contributed by atoms with Crippen LogP contribution >= 0.6 is 0 Å². The molecule has 0 aliphatic heterocycles. The largest absolute Gasteiger partial charge is 0.507 e. The Morgan fingerprint density at radius 2 is 1.00 bits per heavy atom. The van der Waals surface area contributed by atoms with E-state index in [0.29, 0.717) is 25.6 Å². The highest BCUT2D eigenvalue weighted by molar-refractivity contribution is 5.85. The Morgan fingerprint density at radius 1 is 0.477 bits per heavy atom. The number of aromatic hydroxyl groups is 2. The van der Waals surface area contributed by atoms with Gasteiger partial charge in [-0.05, 0) is 41.3 Å². The van der Waals surface area contributed by atoms with Crippen molar-refractivity contribution in [1.82, 2.24) is 0 Å². The molecule has 0 saturated heterocycles. The van der Waals surface area contributed by atoms with E-state index in [4.69, 9.17) is 9.47 Å². The summed E-state index contributed by atoms with van der Waals surface area (Å²) in [6.45, 7) is 3.11. The number of para-hydroxylation sites is 2. The van der Waals surface area contributed by atoms with Crippen LogP contribution < -0.4 is 4.74 Å². The summed E-state index contributed by atoms with van der Waals surface area (Å²) in [4.78, 5) is 0. The van der Waals surface area contributed by atoms with E-state index in [1.54, 1.807) is 0 Å². The van der Waals surface area contributed by atoms with Gasteiger partial charge in [0.25, 0.3) is 0 Å². The minimum atomic E-state index is 0.224. The van der Waals surface area contributed by atoms with Gasteiger partial charge in [0.05, 0.1) is 13.2 Å². The molecule has 6 rings (SSSR count). The van der Waals surface area contributed by atoms with Crippen LogP contribution in [0.15, 0.2) is 140 Å². The van der Waals surface area contributed by atoms with E-state index in [9.17, 15) is 10.2 Å². The average molecular weight is 579 g/mol. The van der Waals surface area contributed by atoms with E-state index < -0.39 is 0 Å². The summed E-state index contributed by atoms with van der Waals surface area (Å²) in [7, 11) is 0. The average Bonchev–Trinajstić information content (AvgIpc) is 3.06. The molecule has 6 aromatic rings. The lowest BCUT2D eigenvalue weighted by Gasteiger charge is -2.16. The Bertz CT molecular complexity index is 1860. The molecule has 0 fully saturated rings. The summed E-state index contributed by atoms with van der Waals surface area (Å²) in [6.07, 6.45) is 0. The van der Waals surface area contributed by atoms with Crippen molar-refractivity contribution >= 4 is 0 Å². The first-order chi connectivity index (χ1) is 21.6. The predicted octanol–water partition coefficient (Wildman–Crippen LogP) is 9.67. The molecule has 4 nitrogen and oxygen atoms in total. The van der Waals surface area contributed by atoms with Gasteiger partial charge in [-0.15, -0.1) is 0 Å². The number of benzene rings is 6. The minimum Gasteiger partial charge on any atom is -0.507 e. The van der Waals surface area contributed by atoms with E-state index in [1.807, 2.05) is 146 Å². The fourth-order valence-electron chi connectivity index (χ4n) is 5.50. The van der Waals surface area contributed by atoms with E-state index >= 15 is 0 Å². The summed E-state index contributed by atoms with van der Waals surface area (Å²) in [6, 6.07) is 45.3. The number of ether oxygens (including phenoxy) is 2. The van der Waals surface area contributed by atoms with Crippen LogP contribution in [0.4, 0.5) is 0 Å². The molecule has 0 spiro atoms. The van der Waals surface area contributed by atoms with Gasteiger partial charge in [-0.1, -0.05) is 133 Å². The molecule has 6 aromatic carbocycles. The van der Waals surface area contributed by atoms with E-state index in [2.05, 4.69) is 0 Å². The molecule has 44 heavy (non-hydrogen) atoms. The molecule has 0 saturated carbocycles. The van der Waals surface area contributed by atoms with Crippen molar-refractivity contribution in [3.63, 3.8) is 0 Å². The molecule has 0 atom stereocenters. The van der Waals surface area contributed by atoms with Crippen LogP contribution in [0, 0.1) is 6.92 Å². The summed E-state index contributed by atoms with van der Waals surface area (Å²) in [5.41, 5.74) is 8.79. The van der Waals surface area contributed by atoms with Crippen LogP contribution in [0.1, 0.15) is 11.1 Å². The van der Waals surface area contributed by atoms with Gasteiger partial charge in [0, 0.05) is 27.8 Å². The Kier molecular flexibility index (Phi) is 8.72. The molecule has 0 heterocycles. The number of hydrogen-bond acceptors (Lipinski definition) is 4. The van der Waals surface area contributed by atoms with Gasteiger partial charge in [0.1, 0.15) is 23.9 Å². The van der Waals surface area contributed by atoms with Crippen LogP contribution in [0.3, 0.4) is 0 Å². The summed E-state index contributed by atoms with van der Waals surface area (Å²) in [5, 5.41) is 22.5. The van der Waals surface area contributed by atoms with Crippen molar-refractivity contribution in [3.8, 4) is 61.8 Å². The van der Waals surface area contributed by atoms with Crippen LogP contribution in [0.5, 0.6) is 17.2 Å². The highest BCUT2D eigenvalue weighted by atomic mass is 16.5. The highest BCUT2D eigenvalue weighted by Crippen LogP contribution is 2.42. The second-order valence-electron chi connectivity index (χ2n) is 10.7. The highest BCUT2D eigenvalue weighted by Gasteiger charge is 2.16. The zero-order chi connectivity index (χ0) is 30.3. The van der Waals surface area contributed by atoms with E-state index in [0.717, 1.165) is 55.6 Å². The van der Waals surface area contributed by atoms with Crippen LogP contribution in [-0.4, -0.2) is 23.4 Å². The smallest absolute Gasteiger partial charge is 0.131 e. The SMILES string of the molecule is Cc1ccc(OCCOCc2ccccc2-c2cccc(-c3ccccc3)c2O)c(-c2cccc(-c3ccccc3)c2O)c1. The van der Waals surface area contributed by atoms with Gasteiger partial charge in [0.2, 0.25) is 0 Å². The van der Waals surface area contributed by atoms with Crippen molar-refractivity contribution in [1.29, 1.82) is 0 Å². The molecule has 4 heteroatoms. The van der Waals surface area contributed by atoms with Gasteiger partial charge in [0.15, 0.2) is 0 Å². The van der Waals surface area contributed by atoms with Crippen LogP contribution in [-0.2, 0) is 11.3 Å². The summed E-state index contributed by atoms with van der Waals surface area (Å²) < 4.78 is 12.3. The summed E-state index contributed by atoms with van der Waals surface area (Å²) in [5.74, 6) is 1.16. The van der Waals surface area contributed by atoms with E-state index in [1.165, 1.54) is 0 Å². The third-order valence-electron chi connectivity index (χ3n) is 7.72. The molecular formula is C40H34O4. The third-order valence-corrected chi connectivity index (χ3v) is 7.72. The van der Waals surface area contributed by atoms with Crippen LogP contribution in [0.25, 0.3) is 44.5 Å². The quantitative estimate of drug-likeness (QED) is 0.159. The van der Waals surface area contributed by atoms with E-state index in [-0.39, 0.29) is 11.5 Å². The molecule has 0 aromatic heterocycles. The second kappa shape index (κ2) is 13.3. The maximum atomic E-state index is 11.3. The van der Waals surface area contributed by atoms with Crippen molar-refractivity contribution in [2.75, 3.05) is 13.2 Å². The first-order valence-corrected chi connectivity index (χ1v) is 14.7.